The summed E-state index contributed by atoms with van der Waals surface area (Å²) in [5, 5.41) is 21.0. The largest absolute Gasteiger partial charge is 0.497 e. The normalized spacial score (nSPS) is 22.0. The predicted molar refractivity (Wildman–Crippen MR) is 103 cm³/mol. The van der Waals surface area contributed by atoms with E-state index in [0.29, 0.717) is 56.0 Å². The van der Waals surface area contributed by atoms with Crippen LogP contribution < -0.4 is 9.47 Å². The summed E-state index contributed by atoms with van der Waals surface area (Å²) >= 11 is 0. The lowest BCUT2D eigenvalue weighted by Gasteiger charge is -2.46. The van der Waals surface area contributed by atoms with Gasteiger partial charge in [0.05, 0.1) is 19.3 Å². The number of halogens is 2. The Kier molecular flexibility index (Phi) is 5.46. The highest BCUT2D eigenvalue weighted by Crippen LogP contribution is 2.45. The Morgan fingerprint density at radius 1 is 1.17 bits per heavy atom. The molecule has 2 atom stereocenters. The van der Waals surface area contributed by atoms with Crippen LogP contribution in [-0.4, -0.2) is 47.5 Å². The molecule has 7 heteroatoms. The molecule has 5 nitrogen and oxygen atoms in total. The lowest BCUT2D eigenvalue weighted by molar-refractivity contribution is -0.0588. The number of benzene rings is 2. The van der Waals surface area contributed by atoms with Gasteiger partial charge < -0.3 is 24.6 Å². The second kappa shape index (κ2) is 7.89. The van der Waals surface area contributed by atoms with E-state index in [2.05, 4.69) is 4.90 Å². The van der Waals surface area contributed by atoms with E-state index < -0.39 is 29.4 Å². The quantitative estimate of drug-likeness (QED) is 0.817. The number of aliphatic hydroxyl groups is 2. The van der Waals surface area contributed by atoms with Crippen LogP contribution in [0.15, 0.2) is 36.4 Å². The molecule has 2 aromatic carbocycles. The van der Waals surface area contributed by atoms with Gasteiger partial charge in [-0.3, -0.25) is 0 Å². The summed E-state index contributed by atoms with van der Waals surface area (Å²) in [6, 6.07) is 8.93. The summed E-state index contributed by atoms with van der Waals surface area (Å²) in [6.45, 7) is 1.69. The van der Waals surface area contributed by atoms with Crippen LogP contribution in [0.25, 0.3) is 0 Å². The number of nitrogens with zero attached hydrogens (tertiary/aromatic N) is 1. The molecule has 2 N–H and O–H groups in total. The fourth-order valence-corrected chi connectivity index (χ4v) is 4.26. The van der Waals surface area contributed by atoms with E-state index >= 15 is 0 Å². The first-order chi connectivity index (χ1) is 13.9. The third-order valence-corrected chi connectivity index (χ3v) is 5.99. The summed E-state index contributed by atoms with van der Waals surface area (Å²) < 4.78 is 38.0. The highest BCUT2D eigenvalue weighted by Gasteiger charge is 2.43. The molecule has 156 valence electrons. The van der Waals surface area contributed by atoms with Crippen molar-refractivity contribution in [3.63, 3.8) is 0 Å². The topological polar surface area (TPSA) is 62.2 Å². The maximum Gasteiger partial charge on any atom is 0.159 e. The van der Waals surface area contributed by atoms with Gasteiger partial charge in [0.15, 0.2) is 11.6 Å². The number of hydrogen-bond donors (Lipinski definition) is 2. The second-order valence-corrected chi connectivity index (χ2v) is 7.90. The minimum atomic E-state index is -0.959. The van der Waals surface area contributed by atoms with Gasteiger partial charge in [0, 0.05) is 31.6 Å². The minimum absolute atomic E-state index is 0.331. The van der Waals surface area contributed by atoms with Crippen molar-refractivity contribution in [3.8, 4) is 11.5 Å². The molecular weight excluding hydrogens is 380 g/mol. The summed E-state index contributed by atoms with van der Waals surface area (Å²) in [5.74, 6) is -0.519. The summed E-state index contributed by atoms with van der Waals surface area (Å²) in [5.41, 5.74) is 0.660. The third-order valence-electron chi connectivity index (χ3n) is 5.99. The van der Waals surface area contributed by atoms with Crippen LogP contribution in [0.3, 0.4) is 0 Å². The van der Waals surface area contributed by atoms with Gasteiger partial charge in [-0.25, -0.2) is 8.78 Å². The summed E-state index contributed by atoms with van der Waals surface area (Å²) in [4.78, 5) is 2.08. The van der Waals surface area contributed by atoms with Crippen LogP contribution in [-0.2, 0) is 0 Å². The molecule has 2 heterocycles. The van der Waals surface area contributed by atoms with E-state index in [1.807, 2.05) is 12.1 Å². The van der Waals surface area contributed by atoms with Gasteiger partial charge in [-0.2, -0.15) is 0 Å². The first kappa shape index (κ1) is 20.1. The standard InChI is InChI=1S/C22H25F2NO4/c1-28-15-3-5-21-16(11-15)19(26)12-22(29-21)6-8-25(9-7-22)13-20(27)14-2-4-17(23)18(24)10-14/h2-5,10-11,19-20,26-27H,6-9,12-13H2,1H3/t19-,20+/m1/s1. The molecule has 2 aliphatic heterocycles. The Hall–Kier alpha value is -2.22. The van der Waals surface area contributed by atoms with E-state index in [1.165, 1.54) is 6.07 Å². The average Bonchev–Trinajstić information content (AvgIpc) is 2.71. The number of ether oxygens (including phenoxy) is 2. The molecule has 0 bridgehead atoms. The zero-order valence-electron chi connectivity index (χ0n) is 16.3. The first-order valence-corrected chi connectivity index (χ1v) is 9.79. The monoisotopic (exact) mass is 405 g/mol. The van der Waals surface area contributed by atoms with Crippen LogP contribution in [0, 0.1) is 11.6 Å². The zero-order valence-corrected chi connectivity index (χ0v) is 16.3. The van der Waals surface area contributed by atoms with Crippen LogP contribution in [0.4, 0.5) is 8.78 Å². The molecule has 1 fully saturated rings. The van der Waals surface area contributed by atoms with Crippen LogP contribution in [0.5, 0.6) is 11.5 Å². The molecule has 0 aliphatic carbocycles. The molecule has 2 aliphatic rings. The molecule has 1 spiro atoms. The Morgan fingerprint density at radius 3 is 2.62 bits per heavy atom. The number of methoxy groups -OCH3 is 1. The van der Waals surface area contributed by atoms with Gasteiger partial charge >= 0.3 is 0 Å². The molecule has 29 heavy (non-hydrogen) atoms. The van der Waals surface area contributed by atoms with E-state index in [0.717, 1.165) is 17.7 Å². The number of piperidine rings is 1. The SMILES string of the molecule is COc1ccc2c(c1)[C@H](O)CC1(CCN(C[C@H](O)c3ccc(F)c(F)c3)CC1)O2. The van der Waals surface area contributed by atoms with Crippen molar-refractivity contribution < 1.29 is 28.5 Å². The number of β-amino-alcohol motifs (C(OH)–C–C–N with tert-alkyl or cyclic N) is 1. The molecule has 2 aromatic rings. The van der Waals surface area contributed by atoms with E-state index in [4.69, 9.17) is 9.47 Å². The highest BCUT2D eigenvalue weighted by atomic mass is 19.2. The van der Waals surface area contributed by atoms with Gasteiger partial charge in [-0.15, -0.1) is 0 Å². The fourth-order valence-electron chi connectivity index (χ4n) is 4.26. The highest BCUT2D eigenvalue weighted by molar-refractivity contribution is 5.43. The van der Waals surface area contributed by atoms with Gasteiger partial charge in [0.2, 0.25) is 0 Å². The lowest BCUT2D eigenvalue weighted by Crippen LogP contribution is -2.51. The van der Waals surface area contributed by atoms with Crippen molar-refractivity contribution in [2.24, 2.45) is 0 Å². The molecule has 4 rings (SSSR count). The smallest absolute Gasteiger partial charge is 0.159 e. The van der Waals surface area contributed by atoms with E-state index in [9.17, 15) is 19.0 Å². The number of rotatable bonds is 4. The molecule has 1 saturated heterocycles. The number of aliphatic hydroxyl groups excluding tert-OH is 2. The fraction of sp³-hybridized carbons (Fsp3) is 0.455. The van der Waals surface area contributed by atoms with Gasteiger partial charge in [0.25, 0.3) is 0 Å². The molecular formula is C22H25F2NO4. The van der Waals surface area contributed by atoms with Gasteiger partial charge in [0.1, 0.15) is 17.1 Å². The summed E-state index contributed by atoms with van der Waals surface area (Å²) in [7, 11) is 1.59. The molecule has 0 aromatic heterocycles. The number of likely N-dealkylation sites (tertiary alicyclic amines) is 1. The maximum absolute atomic E-state index is 13.4. The van der Waals surface area contributed by atoms with Crippen molar-refractivity contribution in [3.05, 3.63) is 59.2 Å². The predicted octanol–water partition coefficient (Wildman–Crippen LogP) is 3.36. The van der Waals surface area contributed by atoms with Crippen LogP contribution in [0.1, 0.15) is 42.6 Å². The minimum Gasteiger partial charge on any atom is -0.497 e. The van der Waals surface area contributed by atoms with Gasteiger partial charge in [-0.1, -0.05) is 6.07 Å². The van der Waals surface area contributed by atoms with Crippen molar-refractivity contribution in [2.45, 2.75) is 37.1 Å². The van der Waals surface area contributed by atoms with E-state index in [-0.39, 0.29) is 0 Å². The van der Waals surface area contributed by atoms with Gasteiger partial charge in [-0.05, 0) is 48.7 Å². The second-order valence-electron chi connectivity index (χ2n) is 7.90. The maximum atomic E-state index is 13.4. The number of fused-ring (bicyclic) bond motifs is 1. The average molecular weight is 405 g/mol. The van der Waals surface area contributed by atoms with Crippen molar-refractivity contribution >= 4 is 0 Å². The first-order valence-electron chi connectivity index (χ1n) is 9.79. The third kappa shape index (κ3) is 4.08. The van der Waals surface area contributed by atoms with Crippen molar-refractivity contribution in [1.29, 1.82) is 0 Å². The molecule has 0 saturated carbocycles. The Bertz CT molecular complexity index is 883. The van der Waals surface area contributed by atoms with Crippen LogP contribution in [0.2, 0.25) is 0 Å². The summed E-state index contributed by atoms with van der Waals surface area (Å²) in [6.07, 6.45) is 0.408. The lowest BCUT2D eigenvalue weighted by atomic mass is 9.81. The number of hydrogen-bond acceptors (Lipinski definition) is 5. The molecule has 0 unspecified atom stereocenters. The Labute approximate surface area is 168 Å². The van der Waals surface area contributed by atoms with Crippen molar-refractivity contribution in [1.82, 2.24) is 4.90 Å². The molecule has 0 radical (unpaired) electrons. The van der Waals surface area contributed by atoms with Crippen molar-refractivity contribution in [2.75, 3.05) is 26.7 Å². The van der Waals surface area contributed by atoms with Crippen LogP contribution >= 0.6 is 0 Å². The Morgan fingerprint density at radius 2 is 1.93 bits per heavy atom. The molecule has 0 amide bonds. The Balaban J connectivity index is 1.39. The zero-order chi connectivity index (χ0) is 20.6. The van der Waals surface area contributed by atoms with E-state index in [1.54, 1.807) is 13.2 Å².